The van der Waals surface area contributed by atoms with Crippen molar-refractivity contribution in [3.63, 3.8) is 0 Å². The van der Waals surface area contributed by atoms with Crippen LogP contribution in [0.3, 0.4) is 0 Å². The molecule has 1 N–H and O–H groups in total. The van der Waals surface area contributed by atoms with E-state index in [0.29, 0.717) is 16.2 Å². The predicted octanol–water partition coefficient (Wildman–Crippen LogP) is 2.54. The second-order valence-electron chi connectivity index (χ2n) is 4.33. The lowest BCUT2D eigenvalue weighted by Gasteiger charge is -2.11. The van der Waals surface area contributed by atoms with Crippen molar-refractivity contribution in [2.45, 2.75) is 19.9 Å². The van der Waals surface area contributed by atoms with E-state index in [9.17, 15) is 9.18 Å². The molecule has 8 heteroatoms. The van der Waals surface area contributed by atoms with Gasteiger partial charge in [-0.05, 0) is 32.0 Å². The number of hydrogen-bond acceptors (Lipinski definition) is 5. The number of rotatable bonds is 5. The first-order valence-electron chi connectivity index (χ1n) is 6.13. The molecule has 1 amide bonds. The number of carbonyl (C=O) groups is 1. The van der Waals surface area contributed by atoms with Crippen LogP contribution in [0.25, 0.3) is 0 Å². The fraction of sp³-hybridized carbons (Fsp3) is 0.308. The zero-order valence-electron chi connectivity index (χ0n) is 11.4. The first-order valence-corrected chi connectivity index (χ1v) is 6.92. The van der Waals surface area contributed by atoms with Crippen LogP contribution in [0.2, 0.25) is 0 Å². The molecule has 2 aromatic rings. The Morgan fingerprint density at radius 2 is 2.33 bits per heavy atom. The van der Waals surface area contributed by atoms with Gasteiger partial charge in [0.15, 0.2) is 24.0 Å². The van der Waals surface area contributed by atoms with Gasteiger partial charge in [0.05, 0.1) is 0 Å². The highest BCUT2D eigenvalue weighted by molar-refractivity contribution is 9.10. The molecule has 21 heavy (non-hydrogen) atoms. The van der Waals surface area contributed by atoms with E-state index in [2.05, 4.69) is 31.4 Å². The zero-order valence-corrected chi connectivity index (χ0v) is 13.0. The van der Waals surface area contributed by atoms with Crippen LogP contribution < -0.4 is 10.1 Å². The summed E-state index contributed by atoms with van der Waals surface area (Å²) < 4.78 is 24.2. The third kappa shape index (κ3) is 4.25. The van der Waals surface area contributed by atoms with Crippen LogP contribution in [-0.2, 0) is 4.79 Å². The summed E-state index contributed by atoms with van der Waals surface area (Å²) in [4.78, 5) is 15.7. The summed E-state index contributed by atoms with van der Waals surface area (Å²) in [7, 11) is 0. The van der Waals surface area contributed by atoms with Gasteiger partial charge in [0.1, 0.15) is 6.04 Å². The van der Waals surface area contributed by atoms with E-state index < -0.39 is 17.8 Å². The van der Waals surface area contributed by atoms with E-state index in [-0.39, 0.29) is 12.4 Å². The molecular formula is C13H13BrFN3O3. The van der Waals surface area contributed by atoms with Crippen LogP contribution in [-0.4, -0.2) is 22.7 Å². The number of hydrogen-bond donors (Lipinski definition) is 1. The summed E-state index contributed by atoms with van der Waals surface area (Å²) in [5, 5.41) is 6.25. The van der Waals surface area contributed by atoms with E-state index in [1.165, 1.54) is 12.1 Å². The number of ether oxygens (including phenoxy) is 1. The molecule has 6 nitrogen and oxygen atoms in total. The molecule has 0 aliphatic carbocycles. The maximum atomic E-state index is 13.5. The molecule has 112 valence electrons. The number of aromatic nitrogens is 2. The van der Waals surface area contributed by atoms with E-state index in [4.69, 9.17) is 9.26 Å². The lowest BCUT2D eigenvalue weighted by Crippen LogP contribution is -2.31. The minimum atomic E-state index is -0.544. The molecule has 1 heterocycles. The maximum Gasteiger partial charge on any atom is 0.258 e. The molecule has 1 aromatic carbocycles. The quantitative estimate of drug-likeness (QED) is 0.889. The molecule has 0 bridgehead atoms. The number of aryl methyl sites for hydroxylation is 1. The number of nitrogens with zero attached hydrogens (tertiary/aromatic N) is 2. The van der Waals surface area contributed by atoms with Gasteiger partial charge in [0, 0.05) is 4.47 Å². The normalized spacial score (nSPS) is 12.0. The summed E-state index contributed by atoms with van der Waals surface area (Å²) in [6, 6.07) is 3.88. The zero-order chi connectivity index (χ0) is 15.4. The van der Waals surface area contributed by atoms with Gasteiger partial charge in [-0.15, -0.1) is 0 Å². The lowest BCUT2D eigenvalue weighted by atomic mass is 10.3. The standard InChI is InChI=1S/C13H13BrFN3O3/c1-7(13-17-8(2)18-21-13)16-12(19)6-20-11-4-3-9(14)5-10(11)15/h3-5,7H,6H2,1-2H3,(H,16,19)/t7-/m1/s1. The molecule has 1 atom stereocenters. The molecule has 0 unspecified atom stereocenters. The highest BCUT2D eigenvalue weighted by atomic mass is 79.9. The molecule has 0 saturated heterocycles. The van der Waals surface area contributed by atoms with Crippen molar-refractivity contribution < 1.29 is 18.4 Å². The van der Waals surface area contributed by atoms with Gasteiger partial charge in [0.25, 0.3) is 5.91 Å². The smallest absolute Gasteiger partial charge is 0.258 e. The average molecular weight is 358 g/mol. The first kappa shape index (κ1) is 15.4. The Labute approximate surface area is 128 Å². The minimum absolute atomic E-state index is 0.00892. The summed E-state index contributed by atoms with van der Waals surface area (Å²) >= 11 is 3.14. The van der Waals surface area contributed by atoms with E-state index in [0.717, 1.165) is 0 Å². The summed E-state index contributed by atoms with van der Waals surface area (Å²) in [5.41, 5.74) is 0. The average Bonchev–Trinajstić information content (AvgIpc) is 2.84. The number of carbonyl (C=O) groups excluding carboxylic acids is 1. The third-order valence-corrected chi connectivity index (χ3v) is 3.04. The van der Waals surface area contributed by atoms with Crippen molar-refractivity contribution >= 4 is 21.8 Å². The minimum Gasteiger partial charge on any atom is -0.481 e. The van der Waals surface area contributed by atoms with Crippen molar-refractivity contribution in [3.8, 4) is 5.75 Å². The third-order valence-electron chi connectivity index (χ3n) is 2.54. The van der Waals surface area contributed by atoms with Gasteiger partial charge in [-0.1, -0.05) is 21.1 Å². The molecule has 0 spiro atoms. The molecule has 0 fully saturated rings. The summed E-state index contributed by atoms with van der Waals surface area (Å²) in [6.45, 7) is 3.07. The van der Waals surface area contributed by atoms with Crippen LogP contribution in [0, 0.1) is 12.7 Å². The van der Waals surface area contributed by atoms with Gasteiger partial charge in [-0.2, -0.15) is 4.98 Å². The molecule has 0 radical (unpaired) electrons. The largest absolute Gasteiger partial charge is 0.481 e. The van der Waals surface area contributed by atoms with Crippen LogP contribution in [0.15, 0.2) is 27.2 Å². The molecule has 1 aromatic heterocycles. The monoisotopic (exact) mass is 357 g/mol. The van der Waals surface area contributed by atoms with Crippen LogP contribution in [0.1, 0.15) is 24.7 Å². The van der Waals surface area contributed by atoms with Crippen molar-refractivity contribution in [3.05, 3.63) is 40.2 Å². The number of amides is 1. The van der Waals surface area contributed by atoms with Gasteiger partial charge < -0.3 is 14.6 Å². The van der Waals surface area contributed by atoms with E-state index >= 15 is 0 Å². The maximum absolute atomic E-state index is 13.5. The van der Waals surface area contributed by atoms with Crippen molar-refractivity contribution in [2.75, 3.05) is 6.61 Å². The topological polar surface area (TPSA) is 77.2 Å². The predicted molar refractivity (Wildman–Crippen MR) is 75.2 cm³/mol. The molecule has 0 aliphatic heterocycles. The van der Waals surface area contributed by atoms with Gasteiger partial charge in [0.2, 0.25) is 5.89 Å². The Balaban J connectivity index is 1.87. The number of nitrogens with one attached hydrogen (secondary N) is 1. The van der Waals surface area contributed by atoms with Gasteiger partial charge >= 0.3 is 0 Å². The summed E-state index contributed by atoms with van der Waals surface area (Å²) in [5.74, 6) is -0.164. The highest BCUT2D eigenvalue weighted by Gasteiger charge is 2.16. The highest BCUT2D eigenvalue weighted by Crippen LogP contribution is 2.21. The number of halogens is 2. The fourth-order valence-corrected chi connectivity index (χ4v) is 1.90. The Morgan fingerprint density at radius 1 is 1.57 bits per heavy atom. The molecule has 2 rings (SSSR count). The Bertz CT molecular complexity index is 647. The summed E-state index contributed by atoms with van der Waals surface area (Å²) in [6.07, 6.45) is 0. The Morgan fingerprint density at radius 3 is 2.95 bits per heavy atom. The van der Waals surface area contributed by atoms with Crippen LogP contribution in [0.5, 0.6) is 5.75 Å². The molecule has 0 aliphatic rings. The molecule has 0 saturated carbocycles. The van der Waals surface area contributed by atoms with Gasteiger partial charge in [-0.25, -0.2) is 4.39 Å². The van der Waals surface area contributed by atoms with E-state index in [1.54, 1.807) is 19.9 Å². The Kier molecular flexibility index (Phi) is 4.89. The lowest BCUT2D eigenvalue weighted by molar-refractivity contribution is -0.123. The van der Waals surface area contributed by atoms with Crippen molar-refractivity contribution in [2.24, 2.45) is 0 Å². The SMILES string of the molecule is Cc1noc([C@@H](C)NC(=O)COc2ccc(Br)cc2F)n1. The van der Waals surface area contributed by atoms with Gasteiger partial charge in [-0.3, -0.25) is 4.79 Å². The fourth-order valence-electron chi connectivity index (χ4n) is 1.57. The van der Waals surface area contributed by atoms with Crippen LogP contribution in [0.4, 0.5) is 4.39 Å². The molecular weight excluding hydrogens is 345 g/mol. The first-order chi connectivity index (χ1) is 9.95. The Hall–Kier alpha value is -1.96. The second kappa shape index (κ2) is 6.66. The van der Waals surface area contributed by atoms with Crippen molar-refractivity contribution in [1.29, 1.82) is 0 Å². The number of benzene rings is 1. The van der Waals surface area contributed by atoms with Crippen LogP contribution >= 0.6 is 15.9 Å². The second-order valence-corrected chi connectivity index (χ2v) is 5.25. The van der Waals surface area contributed by atoms with Crippen molar-refractivity contribution in [1.82, 2.24) is 15.5 Å². The van der Waals surface area contributed by atoms with E-state index in [1.807, 2.05) is 0 Å².